The molecular weight excluding hydrogens is 328 g/mol. The van der Waals surface area contributed by atoms with E-state index < -0.39 is 4.92 Å². The highest BCUT2D eigenvalue weighted by Crippen LogP contribution is 2.28. The van der Waals surface area contributed by atoms with Crippen molar-refractivity contribution in [1.29, 1.82) is 0 Å². The van der Waals surface area contributed by atoms with Gasteiger partial charge in [0.05, 0.1) is 10.6 Å². The Morgan fingerprint density at radius 2 is 2.21 bits per heavy atom. The van der Waals surface area contributed by atoms with Gasteiger partial charge in [-0.25, -0.2) is 14.6 Å². The van der Waals surface area contributed by atoms with Crippen LogP contribution in [-0.4, -0.2) is 31.2 Å². The summed E-state index contributed by atoms with van der Waals surface area (Å²) in [6.45, 7) is 4.21. The first kappa shape index (κ1) is 16.1. The van der Waals surface area contributed by atoms with Crippen LogP contribution in [0.5, 0.6) is 0 Å². The Morgan fingerprint density at radius 3 is 2.83 bits per heavy atom. The van der Waals surface area contributed by atoms with Crippen LogP contribution in [0.15, 0.2) is 29.9 Å². The number of aromatic nitrogens is 4. The molecule has 0 amide bonds. The van der Waals surface area contributed by atoms with Gasteiger partial charge in [0.15, 0.2) is 0 Å². The van der Waals surface area contributed by atoms with Gasteiger partial charge >= 0.3 is 5.69 Å². The number of aryl methyl sites for hydroxylation is 2. The van der Waals surface area contributed by atoms with Crippen LogP contribution in [-0.2, 0) is 6.42 Å². The zero-order valence-electron chi connectivity index (χ0n) is 13.3. The number of thiophene rings is 1. The third kappa shape index (κ3) is 3.25. The van der Waals surface area contributed by atoms with Crippen molar-refractivity contribution in [2.75, 3.05) is 11.9 Å². The Hall–Kier alpha value is -2.81. The molecule has 24 heavy (non-hydrogen) atoms. The van der Waals surface area contributed by atoms with Gasteiger partial charge in [-0.3, -0.25) is 10.1 Å². The molecule has 0 saturated carbocycles. The van der Waals surface area contributed by atoms with Gasteiger partial charge in [-0.2, -0.15) is 5.10 Å². The van der Waals surface area contributed by atoms with Crippen LogP contribution < -0.4 is 5.32 Å². The predicted molar refractivity (Wildman–Crippen MR) is 91.8 cm³/mol. The standard InChI is InChI=1S/C15H16N6O2S/c1-10-8-11(2)20(19-10)15-13(21(22)23)14(17-9-18-15)16-6-5-12-4-3-7-24-12/h3-4,7-9H,5-6H2,1-2H3,(H,16,17,18). The van der Waals surface area contributed by atoms with Crippen molar-refractivity contribution in [2.45, 2.75) is 20.3 Å². The highest BCUT2D eigenvalue weighted by molar-refractivity contribution is 7.09. The van der Waals surface area contributed by atoms with Crippen molar-refractivity contribution in [1.82, 2.24) is 19.7 Å². The molecule has 1 N–H and O–H groups in total. The summed E-state index contributed by atoms with van der Waals surface area (Å²) in [5.41, 5.74) is 1.38. The summed E-state index contributed by atoms with van der Waals surface area (Å²) < 4.78 is 1.47. The van der Waals surface area contributed by atoms with Crippen LogP contribution in [0.25, 0.3) is 5.82 Å². The van der Waals surface area contributed by atoms with Crippen LogP contribution in [0.1, 0.15) is 16.3 Å². The van der Waals surface area contributed by atoms with Gasteiger partial charge in [0.2, 0.25) is 11.6 Å². The molecule has 0 unspecified atom stereocenters. The van der Waals surface area contributed by atoms with E-state index in [9.17, 15) is 10.1 Å². The summed E-state index contributed by atoms with van der Waals surface area (Å²) >= 11 is 1.65. The molecule has 0 bridgehead atoms. The number of rotatable bonds is 6. The van der Waals surface area contributed by atoms with E-state index in [1.54, 1.807) is 11.3 Å². The smallest absolute Gasteiger partial charge is 0.355 e. The van der Waals surface area contributed by atoms with E-state index in [0.717, 1.165) is 17.8 Å². The van der Waals surface area contributed by atoms with E-state index in [0.29, 0.717) is 6.54 Å². The molecule has 3 aromatic heterocycles. The van der Waals surface area contributed by atoms with Gasteiger partial charge in [-0.05, 0) is 37.8 Å². The normalized spacial score (nSPS) is 10.8. The van der Waals surface area contributed by atoms with Crippen molar-refractivity contribution < 1.29 is 4.92 Å². The predicted octanol–water partition coefficient (Wildman–Crippen LogP) is 2.90. The van der Waals surface area contributed by atoms with Crippen LogP contribution in [0, 0.1) is 24.0 Å². The highest BCUT2D eigenvalue weighted by atomic mass is 32.1. The molecule has 124 valence electrons. The molecule has 0 atom stereocenters. The largest absolute Gasteiger partial charge is 0.364 e. The second-order valence-corrected chi connectivity index (χ2v) is 6.28. The van der Waals surface area contributed by atoms with Crippen LogP contribution >= 0.6 is 11.3 Å². The number of hydrogen-bond donors (Lipinski definition) is 1. The number of nitro groups is 1. The van der Waals surface area contributed by atoms with E-state index in [1.807, 2.05) is 37.4 Å². The third-order valence-corrected chi connectivity index (χ3v) is 4.38. The van der Waals surface area contributed by atoms with Crippen molar-refractivity contribution in [2.24, 2.45) is 0 Å². The van der Waals surface area contributed by atoms with Gasteiger partial charge in [-0.15, -0.1) is 11.3 Å². The SMILES string of the molecule is Cc1cc(C)n(-c2ncnc(NCCc3cccs3)c2[N+](=O)[O-])n1. The molecule has 3 heterocycles. The van der Waals surface area contributed by atoms with E-state index in [2.05, 4.69) is 20.4 Å². The summed E-state index contributed by atoms with van der Waals surface area (Å²) in [5, 5.41) is 20.9. The lowest BCUT2D eigenvalue weighted by molar-refractivity contribution is -0.384. The minimum atomic E-state index is -0.473. The fraction of sp³-hybridized carbons (Fsp3) is 0.267. The van der Waals surface area contributed by atoms with Crippen LogP contribution in [0.3, 0.4) is 0 Å². The second kappa shape index (κ2) is 6.75. The molecule has 0 fully saturated rings. The zero-order valence-corrected chi connectivity index (χ0v) is 14.1. The van der Waals surface area contributed by atoms with E-state index in [1.165, 1.54) is 15.9 Å². The number of nitrogens with zero attached hydrogens (tertiary/aromatic N) is 5. The molecule has 0 aromatic carbocycles. The summed E-state index contributed by atoms with van der Waals surface area (Å²) in [5.74, 6) is 0.369. The summed E-state index contributed by atoms with van der Waals surface area (Å²) in [7, 11) is 0. The molecular formula is C15H16N6O2S. The van der Waals surface area contributed by atoms with Crippen molar-refractivity contribution in [3.05, 3.63) is 56.3 Å². The topological polar surface area (TPSA) is 98.8 Å². The molecule has 3 aromatic rings. The van der Waals surface area contributed by atoms with Gasteiger partial charge in [0, 0.05) is 17.1 Å². The third-order valence-electron chi connectivity index (χ3n) is 3.44. The Labute approximate surface area is 142 Å². The maximum Gasteiger partial charge on any atom is 0.355 e. The number of hydrogen-bond acceptors (Lipinski definition) is 7. The Balaban J connectivity index is 1.90. The molecule has 0 spiro atoms. The molecule has 0 radical (unpaired) electrons. The van der Waals surface area contributed by atoms with Crippen LogP contribution in [0.4, 0.5) is 11.5 Å². The molecule has 0 aliphatic carbocycles. The van der Waals surface area contributed by atoms with Crippen LogP contribution in [0.2, 0.25) is 0 Å². The van der Waals surface area contributed by atoms with E-state index >= 15 is 0 Å². The first-order valence-corrected chi connectivity index (χ1v) is 8.23. The Bertz CT molecular complexity index is 859. The lowest BCUT2D eigenvalue weighted by Crippen LogP contribution is -2.12. The molecule has 3 rings (SSSR count). The molecule has 0 aliphatic heterocycles. The first-order valence-electron chi connectivity index (χ1n) is 7.35. The maximum atomic E-state index is 11.6. The van der Waals surface area contributed by atoms with Crippen molar-refractivity contribution in [3.63, 3.8) is 0 Å². The second-order valence-electron chi connectivity index (χ2n) is 5.25. The number of anilines is 1. The lowest BCUT2D eigenvalue weighted by atomic mass is 10.3. The molecule has 0 aliphatic rings. The number of nitrogens with one attached hydrogen (secondary N) is 1. The molecule has 0 saturated heterocycles. The minimum Gasteiger partial charge on any atom is -0.364 e. The van der Waals surface area contributed by atoms with Crippen molar-refractivity contribution in [3.8, 4) is 5.82 Å². The van der Waals surface area contributed by atoms with Crippen molar-refractivity contribution >= 4 is 22.8 Å². The monoisotopic (exact) mass is 344 g/mol. The van der Waals surface area contributed by atoms with Gasteiger partial charge < -0.3 is 5.32 Å². The Kier molecular flexibility index (Phi) is 4.52. The van der Waals surface area contributed by atoms with E-state index in [-0.39, 0.29) is 17.3 Å². The average molecular weight is 344 g/mol. The fourth-order valence-electron chi connectivity index (χ4n) is 2.42. The van der Waals surface area contributed by atoms with E-state index in [4.69, 9.17) is 0 Å². The first-order chi connectivity index (χ1) is 11.6. The molecule has 9 heteroatoms. The van der Waals surface area contributed by atoms with Gasteiger partial charge in [-0.1, -0.05) is 6.07 Å². The summed E-state index contributed by atoms with van der Waals surface area (Å²) in [6, 6.07) is 5.85. The summed E-state index contributed by atoms with van der Waals surface area (Å²) in [4.78, 5) is 20.4. The zero-order chi connectivity index (χ0) is 17.1. The highest BCUT2D eigenvalue weighted by Gasteiger charge is 2.25. The average Bonchev–Trinajstić information content (AvgIpc) is 3.16. The fourth-order valence-corrected chi connectivity index (χ4v) is 3.13. The summed E-state index contributed by atoms with van der Waals surface area (Å²) in [6.07, 6.45) is 2.08. The maximum absolute atomic E-state index is 11.6. The van der Waals surface area contributed by atoms with Gasteiger partial charge in [0.1, 0.15) is 6.33 Å². The lowest BCUT2D eigenvalue weighted by Gasteiger charge is -2.09. The molecule has 8 nitrogen and oxygen atoms in total. The minimum absolute atomic E-state index is 0.166. The van der Waals surface area contributed by atoms with Gasteiger partial charge in [0.25, 0.3) is 0 Å². The quantitative estimate of drug-likeness (QED) is 0.545. The Morgan fingerprint density at radius 1 is 1.38 bits per heavy atom.